The van der Waals surface area contributed by atoms with Crippen molar-refractivity contribution in [3.05, 3.63) is 46.5 Å². The third-order valence-electron chi connectivity index (χ3n) is 6.45. The normalized spacial score (nSPS) is 21.3. The second kappa shape index (κ2) is 15.2. The fraction of sp³-hybridized carbons (Fsp3) is 0.500. The van der Waals surface area contributed by atoms with Gasteiger partial charge in [0, 0.05) is 51.9 Å². The summed E-state index contributed by atoms with van der Waals surface area (Å²) < 4.78 is 5.71. The molecule has 3 rings (SSSR count). The van der Waals surface area contributed by atoms with E-state index in [1.54, 1.807) is 11.0 Å². The Morgan fingerprint density at radius 1 is 1.15 bits per heavy atom. The molecule has 0 bridgehead atoms. The molecule has 1 aromatic rings. The summed E-state index contributed by atoms with van der Waals surface area (Å²) in [6, 6.07) is 0.984. The number of hydrogen-bond donors (Lipinski definition) is 3. The van der Waals surface area contributed by atoms with E-state index in [9.17, 15) is 24.6 Å². The second-order valence-electron chi connectivity index (χ2n) is 9.54. The topological polar surface area (TPSA) is 138 Å². The van der Waals surface area contributed by atoms with Crippen LogP contribution in [0.1, 0.15) is 67.8 Å². The molecule has 0 spiro atoms. The van der Waals surface area contributed by atoms with Crippen molar-refractivity contribution in [3.63, 3.8) is 0 Å². The number of likely N-dealkylation sites (tertiary alicyclic amines) is 1. The van der Waals surface area contributed by atoms with E-state index in [1.165, 1.54) is 6.92 Å². The molecule has 2 aliphatic rings. The number of esters is 1. The second-order valence-corrected chi connectivity index (χ2v) is 9.92. The number of oxime groups is 1. The maximum Gasteiger partial charge on any atom is 0.342 e. The Hall–Kier alpha value is -3.53. The summed E-state index contributed by atoms with van der Waals surface area (Å²) in [4.78, 5) is 44.2. The molecule has 1 atom stereocenters. The van der Waals surface area contributed by atoms with Gasteiger partial charge in [-0.05, 0) is 43.7 Å². The Balaban J connectivity index is 1.87. The lowest BCUT2D eigenvalue weighted by Crippen LogP contribution is -2.37. The lowest BCUT2D eigenvalue weighted by Gasteiger charge is -2.26. The average molecular weight is 562 g/mol. The lowest BCUT2D eigenvalue weighted by molar-refractivity contribution is -0.137. The molecule has 0 aliphatic carbocycles. The number of amides is 2. The summed E-state index contributed by atoms with van der Waals surface area (Å²) in [5, 5.41) is 27.6. The van der Waals surface area contributed by atoms with Crippen molar-refractivity contribution < 1.29 is 34.2 Å². The molecular formula is C28H36ClN3O7. The van der Waals surface area contributed by atoms with E-state index in [2.05, 4.69) is 10.5 Å². The summed E-state index contributed by atoms with van der Waals surface area (Å²) in [6.07, 6.45) is 12.0. The molecule has 0 saturated carbocycles. The van der Waals surface area contributed by atoms with Crippen LogP contribution in [0, 0.1) is 0 Å². The van der Waals surface area contributed by atoms with Crippen LogP contribution in [0.25, 0.3) is 0 Å². The van der Waals surface area contributed by atoms with Gasteiger partial charge in [0.05, 0.1) is 10.7 Å². The number of phenols is 2. The van der Waals surface area contributed by atoms with E-state index in [-0.39, 0.29) is 41.0 Å². The van der Waals surface area contributed by atoms with Crippen LogP contribution in [-0.4, -0.2) is 71.0 Å². The van der Waals surface area contributed by atoms with Gasteiger partial charge in [-0.1, -0.05) is 35.0 Å². The summed E-state index contributed by atoms with van der Waals surface area (Å²) in [5.74, 6) is -2.08. The molecule has 2 aliphatic heterocycles. The highest BCUT2D eigenvalue weighted by Gasteiger charge is 2.26. The highest BCUT2D eigenvalue weighted by Crippen LogP contribution is 2.37. The quantitative estimate of drug-likeness (QED) is 0.271. The minimum atomic E-state index is -0.827. The first kappa shape index (κ1) is 30.0. The average Bonchev–Trinajstić information content (AvgIpc) is 2.90. The molecule has 3 N–H and O–H groups in total. The number of hydrogen-bond acceptors (Lipinski definition) is 8. The van der Waals surface area contributed by atoms with E-state index >= 15 is 0 Å². The van der Waals surface area contributed by atoms with Gasteiger partial charge < -0.3 is 30.0 Å². The number of halogens is 1. The van der Waals surface area contributed by atoms with Crippen LogP contribution < -0.4 is 5.32 Å². The molecule has 2 heterocycles. The third kappa shape index (κ3) is 9.31. The highest BCUT2D eigenvalue weighted by atomic mass is 35.5. The van der Waals surface area contributed by atoms with E-state index in [1.807, 2.05) is 18.2 Å². The Labute approximate surface area is 233 Å². The maximum absolute atomic E-state index is 13.3. The number of phenolic OH excluding ortho intramolecular Hbond substituents is 2. The van der Waals surface area contributed by atoms with Gasteiger partial charge in [-0.3, -0.25) is 9.59 Å². The van der Waals surface area contributed by atoms with Gasteiger partial charge in [-0.15, -0.1) is 0 Å². The summed E-state index contributed by atoms with van der Waals surface area (Å²) in [5.41, 5.74) is 0.251. The maximum atomic E-state index is 13.3. The Morgan fingerprint density at radius 2 is 1.90 bits per heavy atom. The Bertz CT molecular complexity index is 1130. The SMILES string of the molecule is CC(=O)NCCC1C/C=C/CC/C=C/C(=NOCC(=O)N2CCCCC2)Cc2c(Cl)c(O)cc(O)c2C(=O)O1. The van der Waals surface area contributed by atoms with Crippen LogP contribution in [0.4, 0.5) is 0 Å². The number of carbonyl (C=O) groups excluding carboxylic acids is 3. The van der Waals surface area contributed by atoms with Crippen molar-refractivity contribution in [3.8, 4) is 11.5 Å². The minimum absolute atomic E-state index is 0.0774. The first-order valence-electron chi connectivity index (χ1n) is 13.2. The highest BCUT2D eigenvalue weighted by molar-refractivity contribution is 6.33. The number of rotatable bonds is 6. The predicted octanol–water partition coefficient (Wildman–Crippen LogP) is 4.03. The van der Waals surface area contributed by atoms with Crippen molar-refractivity contribution in [1.29, 1.82) is 0 Å². The van der Waals surface area contributed by atoms with Crippen LogP contribution >= 0.6 is 11.6 Å². The fourth-order valence-electron chi connectivity index (χ4n) is 4.41. The molecule has 1 fully saturated rings. The molecule has 1 unspecified atom stereocenters. The first-order valence-corrected chi connectivity index (χ1v) is 13.6. The predicted molar refractivity (Wildman–Crippen MR) is 147 cm³/mol. The van der Waals surface area contributed by atoms with Crippen molar-refractivity contribution in [1.82, 2.24) is 10.2 Å². The van der Waals surface area contributed by atoms with E-state index in [0.29, 0.717) is 44.6 Å². The zero-order valence-corrected chi connectivity index (χ0v) is 22.9. The van der Waals surface area contributed by atoms with Crippen molar-refractivity contribution in [2.24, 2.45) is 5.16 Å². The molecule has 212 valence electrons. The molecular weight excluding hydrogens is 526 g/mol. The molecule has 11 heteroatoms. The molecule has 10 nitrogen and oxygen atoms in total. The smallest absolute Gasteiger partial charge is 0.342 e. The van der Waals surface area contributed by atoms with Gasteiger partial charge in [0.1, 0.15) is 23.2 Å². The van der Waals surface area contributed by atoms with Gasteiger partial charge in [-0.2, -0.15) is 0 Å². The molecule has 1 saturated heterocycles. The number of carbonyl (C=O) groups is 3. The molecule has 2 amide bonds. The van der Waals surface area contributed by atoms with Crippen LogP contribution in [0.3, 0.4) is 0 Å². The molecule has 39 heavy (non-hydrogen) atoms. The van der Waals surface area contributed by atoms with Crippen LogP contribution in [0.2, 0.25) is 5.02 Å². The molecule has 0 radical (unpaired) electrons. The Kier molecular flexibility index (Phi) is 11.7. The van der Waals surface area contributed by atoms with Crippen molar-refractivity contribution in [2.45, 2.75) is 64.4 Å². The van der Waals surface area contributed by atoms with Gasteiger partial charge in [0.2, 0.25) is 5.91 Å². The number of cyclic esters (lactones) is 1. The number of fused-ring (bicyclic) bond motifs is 1. The number of allylic oxidation sites excluding steroid dienone is 3. The summed E-state index contributed by atoms with van der Waals surface area (Å²) in [6.45, 7) is 2.87. The minimum Gasteiger partial charge on any atom is -0.507 e. The summed E-state index contributed by atoms with van der Waals surface area (Å²) >= 11 is 6.40. The number of nitrogens with one attached hydrogen (secondary N) is 1. The van der Waals surface area contributed by atoms with Gasteiger partial charge in [0.15, 0.2) is 6.61 Å². The number of aromatic hydroxyl groups is 2. The largest absolute Gasteiger partial charge is 0.507 e. The van der Waals surface area contributed by atoms with Crippen LogP contribution in [0.5, 0.6) is 11.5 Å². The zero-order valence-electron chi connectivity index (χ0n) is 22.2. The van der Waals surface area contributed by atoms with E-state index in [4.69, 9.17) is 21.2 Å². The Morgan fingerprint density at radius 3 is 2.64 bits per heavy atom. The fourth-order valence-corrected chi connectivity index (χ4v) is 4.62. The van der Waals surface area contributed by atoms with E-state index in [0.717, 1.165) is 31.7 Å². The van der Waals surface area contributed by atoms with Crippen molar-refractivity contribution >= 4 is 35.1 Å². The number of piperidine rings is 1. The number of benzene rings is 1. The number of ether oxygens (including phenoxy) is 1. The number of nitrogens with zero attached hydrogens (tertiary/aromatic N) is 2. The summed E-state index contributed by atoms with van der Waals surface area (Å²) in [7, 11) is 0. The monoisotopic (exact) mass is 561 g/mol. The molecule has 0 aromatic heterocycles. The van der Waals surface area contributed by atoms with Gasteiger partial charge >= 0.3 is 5.97 Å². The third-order valence-corrected chi connectivity index (χ3v) is 6.87. The standard InChI is InChI=1S/C28H36ClN3O7/c1-19(33)30-13-12-21-11-7-4-2-3-6-10-20(31-38-18-25(36)32-14-8-5-9-15-32)16-22-26(28(37)39-21)23(34)17-24(35)27(22)29/h4,6-7,10,17,21,34-35H,2-3,5,8-9,11-16,18H2,1H3,(H,30,33)/b7-4+,10-6+,31-20?. The lowest BCUT2D eigenvalue weighted by atomic mass is 9.99. The van der Waals surface area contributed by atoms with Gasteiger partial charge in [0.25, 0.3) is 5.91 Å². The van der Waals surface area contributed by atoms with Crippen LogP contribution in [0.15, 0.2) is 35.5 Å². The first-order chi connectivity index (χ1) is 18.8. The zero-order chi connectivity index (χ0) is 28.2. The van der Waals surface area contributed by atoms with Crippen LogP contribution in [-0.2, 0) is 25.6 Å². The van der Waals surface area contributed by atoms with Gasteiger partial charge in [-0.25, -0.2) is 4.79 Å². The van der Waals surface area contributed by atoms with E-state index < -0.39 is 23.6 Å². The van der Waals surface area contributed by atoms with Crippen molar-refractivity contribution in [2.75, 3.05) is 26.2 Å². The molecule has 1 aromatic carbocycles.